The van der Waals surface area contributed by atoms with Gasteiger partial charge in [-0.15, -0.1) is 0 Å². The van der Waals surface area contributed by atoms with E-state index in [1.54, 1.807) is 43.1 Å². The zero-order valence-corrected chi connectivity index (χ0v) is 20.2. The Hall–Kier alpha value is -4.41. The molecule has 190 valence electrons. The minimum atomic E-state index is -4.58. The van der Waals surface area contributed by atoms with Gasteiger partial charge in [0.05, 0.1) is 40.5 Å². The molecule has 0 saturated carbocycles. The van der Waals surface area contributed by atoms with Crippen LogP contribution in [0.3, 0.4) is 0 Å². The highest BCUT2D eigenvalue weighted by Crippen LogP contribution is 2.28. The molecule has 11 heteroatoms. The summed E-state index contributed by atoms with van der Waals surface area (Å²) in [4.78, 5) is 34.7. The van der Waals surface area contributed by atoms with E-state index in [1.807, 2.05) is 41.8 Å². The molecular weight excluding hydrogens is 485 g/mol. The Bertz CT molecular complexity index is 1710. The van der Waals surface area contributed by atoms with Gasteiger partial charge in [-0.2, -0.15) is 13.2 Å². The van der Waals surface area contributed by atoms with Crippen LogP contribution in [-0.4, -0.2) is 41.6 Å². The number of imidazole rings is 2. The monoisotopic (exact) mass is 508 g/mol. The molecule has 5 rings (SSSR count). The molecule has 2 aromatic carbocycles. The van der Waals surface area contributed by atoms with Crippen LogP contribution in [0.5, 0.6) is 0 Å². The van der Waals surface area contributed by atoms with E-state index in [2.05, 4.69) is 9.97 Å². The van der Waals surface area contributed by atoms with Crippen molar-refractivity contribution < 1.29 is 18.0 Å². The van der Waals surface area contributed by atoms with Crippen molar-refractivity contribution in [1.29, 1.82) is 0 Å². The first-order valence-corrected chi connectivity index (χ1v) is 11.5. The topological polar surface area (TPSA) is 86.2 Å². The van der Waals surface area contributed by atoms with Crippen molar-refractivity contribution >= 4 is 22.5 Å². The number of benzene rings is 2. The molecule has 3 heterocycles. The summed E-state index contributed by atoms with van der Waals surface area (Å²) in [5.74, 6) is -0.903. The van der Waals surface area contributed by atoms with E-state index < -0.39 is 30.4 Å². The van der Waals surface area contributed by atoms with E-state index in [0.717, 1.165) is 34.8 Å². The van der Waals surface area contributed by atoms with Gasteiger partial charge in [0.1, 0.15) is 12.6 Å². The molecule has 0 spiro atoms. The standard InChI is InChI=1S/C26H23F3N6O2/c1-15-5-4-6-20-24(15)35(25(37)34(20)13-22(36)32-17(3)26(27,28)29)19-8-7-18(11-16(19)2)23-21-12-30-14-33(21)10-9-31-23/h4-12,14,17H,13H2,1-3H3,(H,32,36)/t17-/m1/s1. The number of alkyl halides is 3. The summed E-state index contributed by atoms with van der Waals surface area (Å²) >= 11 is 0. The van der Waals surface area contributed by atoms with Crippen LogP contribution in [0.25, 0.3) is 33.5 Å². The molecule has 0 saturated heterocycles. The number of fused-ring (bicyclic) bond motifs is 2. The number of hydrogen-bond donors (Lipinski definition) is 1. The van der Waals surface area contributed by atoms with Crippen molar-refractivity contribution in [2.24, 2.45) is 0 Å². The molecule has 0 aliphatic carbocycles. The number of hydrogen-bond acceptors (Lipinski definition) is 4. The van der Waals surface area contributed by atoms with Crippen molar-refractivity contribution in [3.8, 4) is 16.9 Å². The van der Waals surface area contributed by atoms with Crippen molar-refractivity contribution in [1.82, 2.24) is 28.8 Å². The van der Waals surface area contributed by atoms with Gasteiger partial charge in [-0.1, -0.05) is 18.2 Å². The predicted molar refractivity (Wildman–Crippen MR) is 133 cm³/mol. The van der Waals surface area contributed by atoms with Gasteiger partial charge < -0.3 is 9.72 Å². The van der Waals surface area contributed by atoms with Gasteiger partial charge in [0, 0.05) is 18.0 Å². The molecule has 8 nitrogen and oxygen atoms in total. The third-order valence-electron chi connectivity index (χ3n) is 6.37. The number of carbonyl (C=O) groups is 1. The maximum atomic E-state index is 13.6. The smallest absolute Gasteiger partial charge is 0.343 e. The summed E-state index contributed by atoms with van der Waals surface area (Å²) < 4.78 is 43.3. The van der Waals surface area contributed by atoms with Crippen LogP contribution in [0.1, 0.15) is 18.1 Å². The highest BCUT2D eigenvalue weighted by Gasteiger charge is 2.37. The molecule has 1 atom stereocenters. The fourth-order valence-corrected chi connectivity index (χ4v) is 4.49. The number of aryl methyl sites for hydroxylation is 2. The minimum absolute atomic E-state index is 0.453. The summed E-state index contributed by atoms with van der Waals surface area (Å²) in [5.41, 5.74) is 5.06. The molecule has 0 radical (unpaired) electrons. The molecule has 5 aromatic rings. The van der Waals surface area contributed by atoms with Gasteiger partial charge in [0.15, 0.2) is 0 Å². The number of rotatable bonds is 5. The van der Waals surface area contributed by atoms with Gasteiger partial charge in [0.2, 0.25) is 5.91 Å². The largest absolute Gasteiger partial charge is 0.408 e. The quantitative estimate of drug-likeness (QED) is 0.386. The first-order chi connectivity index (χ1) is 17.6. The number of halogens is 3. The van der Waals surface area contributed by atoms with Crippen molar-refractivity contribution in [2.75, 3.05) is 0 Å². The lowest BCUT2D eigenvalue weighted by atomic mass is 10.1. The molecule has 3 aromatic heterocycles. The van der Waals surface area contributed by atoms with Crippen LogP contribution in [0.15, 0.2) is 66.1 Å². The minimum Gasteiger partial charge on any atom is -0.343 e. The Morgan fingerprint density at radius 2 is 1.89 bits per heavy atom. The molecule has 0 aliphatic heterocycles. The average molecular weight is 509 g/mol. The maximum absolute atomic E-state index is 13.6. The van der Waals surface area contributed by atoms with Crippen molar-refractivity contribution in [3.05, 3.63) is 82.9 Å². The summed E-state index contributed by atoms with van der Waals surface area (Å²) in [6.07, 6.45) is 2.30. The highest BCUT2D eigenvalue weighted by atomic mass is 19.4. The van der Waals surface area contributed by atoms with Gasteiger partial charge >= 0.3 is 11.9 Å². The lowest BCUT2D eigenvalue weighted by Crippen LogP contribution is -2.45. The third-order valence-corrected chi connectivity index (χ3v) is 6.37. The number of nitrogens with one attached hydrogen (secondary N) is 1. The normalized spacial score (nSPS) is 12.8. The highest BCUT2D eigenvalue weighted by molar-refractivity contribution is 5.85. The van der Waals surface area contributed by atoms with Crippen LogP contribution in [0.4, 0.5) is 13.2 Å². The third kappa shape index (κ3) is 4.26. The van der Waals surface area contributed by atoms with E-state index in [9.17, 15) is 22.8 Å². The number of nitrogens with zero attached hydrogens (tertiary/aromatic N) is 5. The number of carbonyl (C=O) groups excluding carboxylic acids is 1. The number of para-hydroxylation sites is 1. The van der Waals surface area contributed by atoms with E-state index >= 15 is 0 Å². The van der Waals surface area contributed by atoms with Gasteiger partial charge in [0.25, 0.3) is 0 Å². The van der Waals surface area contributed by atoms with Crippen molar-refractivity contribution in [2.45, 2.75) is 39.5 Å². The first kappa shape index (κ1) is 24.3. The molecule has 37 heavy (non-hydrogen) atoms. The van der Waals surface area contributed by atoms with Gasteiger partial charge in [-0.25, -0.2) is 9.78 Å². The zero-order valence-electron chi connectivity index (χ0n) is 20.2. The Kier molecular flexibility index (Phi) is 5.85. The second kappa shape index (κ2) is 8.91. The summed E-state index contributed by atoms with van der Waals surface area (Å²) in [7, 11) is 0. The molecule has 1 amide bonds. The fourth-order valence-electron chi connectivity index (χ4n) is 4.49. The van der Waals surface area contributed by atoms with E-state index in [-0.39, 0.29) is 0 Å². The summed E-state index contributed by atoms with van der Waals surface area (Å²) in [6, 6.07) is 8.78. The Morgan fingerprint density at radius 3 is 2.62 bits per heavy atom. The lowest BCUT2D eigenvalue weighted by molar-refractivity contribution is -0.158. The second-order valence-electron chi connectivity index (χ2n) is 8.94. The Balaban J connectivity index is 1.60. The molecule has 0 aliphatic rings. The number of amides is 1. The fraction of sp³-hybridized carbons (Fsp3) is 0.231. The SMILES string of the molecule is Cc1cc(-c2nccn3cncc23)ccc1-n1c(=O)n(CC(=O)N[C@H](C)C(F)(F)F)c2cccc(C)c21. The Morgan fingerprint density at radius 1 is 1.11 bits per heavy atom. The second-order valence-corrected chi connectivity index (χ2v) is 8.94. The van der Waals surface area contributed by atoms with Crippen molar-refractivity contribution in [3.63, 3.8) is 0 Å². The average Bonchev–Trinajstić information content (AvgIpc) is 3.42. The first-order valence-electron chi connectivity index (χ1n) is 11.5. The van der Waals surface area contributed by atoms with Crippen LogP contribution in [-0.2, 0) is 11.3 Å². The lowest BCUT2D eigenvalue weighted by Gasteiger charge is -2.17. The van der Waals surface area contributed by atoms with Crippen LogP contribution < -0.4 is 11.0 Å². The van der Waals surface area contributed by atoms with E-state index in [4.69, 9.17) is 0 Å². The van der Waals surface area contributed by atoms with Gasteiger partial charge in [-0.05, 0) is 50.1 Å². The molecule has 0 bridgehead atoms. The molecule has 0 unspecified atom stereocenters. The van der Waals surface area contributed by atoms with Crippen LogP contribution in [0.2, 0.25) is 0 Å². The van der Waals surface area contributed by atoms with Crippen LogP contribution in [0, 0.1) is 13.8 Å². The van der Waals surface area contributed by atoms with E-state index in [1.165, 1.54) is 9.13 Å². The molecule has 1 N–H and O–H groups in total. The molecular formula is C26H23F3N6O2. The zero-order chi connectivity index (χ0) is 26.5. The van der Waals surface area contributed by atoms with E-state index in [0.29, 0.717) is 16.7 Å². The summed E-state index contributed by atoms with van der Waals surface area (Å²) in [5, 5.41) is 1.93. The van der Waals surface area contributed by atoms with Gasteiger partial charge in [-0.3, -0.25) is 18.9 Å². The maximum Gasteiger partial charge on any atom is 0.408 e. The summed E-state index contributed by atoms with van der Waals surface area (Å²) in [6.45, 7) is 4.01. The molecule has 0 fully saturated rings. The predicted octanol–water partition coefficient (Wildman–Crippen LogP) is 4.19. The van der Waals surface area contributed by atoms with Crippen LogP contribution >= 0.6 is 0 Å². The Labute approximate surface area is 209 Å². The number of aromatic nitrogens is 5.